The Morgan fingerprint density at radius 2 is 0.812 bits per heavy atom. The van der Waals surface area contributed by atoms with Gasteiger partial charge in [0.25, 0.3) is 0 Å². The first-order valence-corrected chi connectivity index (χ1v) is 14.8. The van der Waals surface area contributed by atoms with Crippen LogP contribution in [0, 0.1) is 6.92 Å². The lowest BCUT2D eigenvalue weighted by Gasteiger charge is -2.20. The van der Waals surface area contributed by atoms with Gasteiger partial charge in [0.05, 0.1) is 0 Å². The molecule has 0 saturated heterocycles. The van der Waals surface area contributed by atoms with Gasteiger partial charge in [-0.2, -0.15) is 0 Å². The molecule has 0 spiro atoms. The highest BCUT2D eigenvalue weighted by molar-refractivity contribution is 5.29. The third-order valence-electron chi connectivity index (χ3n) is 7.44. The quantitative estimate of drug-likeness (QED) is 0.148. The minimum Gasteiger partial charge on any atom is -0.0654 e. The minimum atomic E-state index is 0.791. The Labute approximate surface area is 203 Å². The molecule has 0 nitrogen and oxygen atoms in total. The molecule has 0 aliphatic carbocycles. The Balaban J connectivity index is 2.18. The van der Waals surface area contributed by atoms with Crippen LogP contribution in [0.3, 0.4) is 0 Å². The van der Waals surface area contributed by atoms with E-state index in [4.69, 9.17) is 0 Å². The van der Waals surface area contributed by atoms with E-state index in [2.05, 4.69) is 45.0 Å². The Bertz CT molecular complexity index is 479. The van der Waals surface area contributed by atoms with Gasteiger partial charge in [-0.25, -0.2) is 0 Å². The van der Waals surface area contributed by atoms with E-state index >= 15 is 0 Å². The highest BCUT2D eigenvalue weighted by atomic mass is 14.2. The van der Waals surface area contributed by atoms with Crippen LogP contribution in [0.4, 0.5) is 0 Å². The van der Waals surface area contributed by atoms with E-state index < -0.39 is 0 Å². The van der Waals surface area contributed by atoms with Gasteiger partial charge >= 0.3 is 0 Å². The highest BCUT2D eigenvalue weighted by Gasteiger charge is 2.13. The highest BCUT2D eigenvalue weighted by Crippen LogP contribution is 2.31. The van der Waals surface area contributed by atoms with Crippen molar-refractivity contribution in [3.05, 3.63) is 35.4 Å². The van der Waals surface area contributed by atoms with Gasteiger partial charge in [0.2, 0.25) is 0 Å². The lowest BCUT2D eigenvalue weighted by atomic mass is 9.86. The van der Waals surface area contributed by atoms with E-state index in [1.807, 2.05) is 0 Å². The second-order valence-electron chi connectivity index (χ2n) is 10.5. The molecule has 0 saturated carbocycles. The monoisotopic (exact) mass is 442 g/mol. The maximum atomic E-state index is 2.41. The standard InChI is InChI=1S/C32H58/c1-4-6-8-10-12-14-16-18-20-22-27-31(32-29-25-24-26-30(32)3)28-23-21-19-17-15-13-11-9-7-5-2/h24-26,29,31H,4-23,27-28H2,1-3H3. The molecule has 0 heterocycles. The molecule has 1 aromatic carbocycles. The summed E-state index contributed by atoms with van der Waals surface area (Å²) in [7, 11) is 0. The molecule has 1 rings (SSSR count). The topological polar surface area (TPSA) is 0 Å². The van der Waals surface area contributed by atoms with Gasteiger partial charge < -0.3 is 0 Å². The first-order valence-electron chi connectivity index (χ1n) is 14.8. The van der Waals surface area contributed by atoms with Crippen LogP contribution in [0.15, 0.2) is 24.3 Å². The number of hydrogen-bond donors (Lipinski definition) is 0. The second kappa shape index (κ2) is 22.0. The van der Waals surface area contributed by atoms with E-state index in [0.29, 0.717) is 0 Å². The molecule has 0 amide bonds. The SMILES string of the molecule is CCCCCCCCCCCCC(CCCCCCCCCCCC)c1ccccc1C. The van der Waals surface area contributed by atoms with E-state index in [0.717, 1.165) is 5.92 Å². The van der Waals surface area contributed by atoms with Crippen LogP contribution >= 0.6 is 0 Å². The predicted octanol–water partition coefficient (Wildman–Crippen LogP) is 11.7. The van der Waals surface area contributed by atoms with E-state index in [1.54, 1.807) is 5.56 Å². The molecule has 0 fully saturated rings. The van der Waals surface area contributed by atoms with E-state index in [1.165, 1.54) is 147 Å². The first kappa shape index (κ1) is 29.3. The summed E-state index contributed by atoms with van der Waals surface area (Å²) >= 11 is 0. The van der Waals surface area contributed by atoms with Crippen molar-refractivity contribution < 1.29 is 0 Å². The third-order valence-corrected chi connectivity index (χ3v) is 7.44. The van der Waals surface area contributed by atoms with E-state index in [-0.39, 0.29) is 0 Å². The van der Waals surface area contributed by atoms with Crippen molar-refractivity contribution in [3.63, 3.8) is 0 Å². The molecule has 0 bridgehead atoms. The molecule has 32 heavy (non-hydrogen) atoms. The summed E-state index contributed by atoms with van der Waals surface area (Å²) < 4.78 is 0. The maximum absolute atomic E-state index is 2.41. The van der Waals surface area contributed by atoms with Crippen molar-refractivity contribution in [2.75, 3.05) is 0 Å². The lowest BCUT2D eigenvalue weighted by Crippen LogP contribution is -2.02. The Morgan fingerprint density at radius 3 is 1.19 bits per heavy atom. The van der Waals surface area contributed by atoms with Gasteiger partial charge in [-0.1, -0.05) is 167 Å². The molecular formula is C32H58. The van der Waals surface area contributed by atoms with Gasteiger partial charge in [-0.3, -0.25) is 0 Å². The predicted molar refractivity (Wildman–Crippen MR) is 147 cm³/mol. The largest absolute Gasteiger partial charge is 0.0654 e. The van der Waals surface area contributed by atoms with Crippen molar-refractivity contribution in [1.29, 1.82) is 0 Å². The molecule has 1 aromatic rings. The Morgan fingerprint density at radius 1 is 0.469 bits per heavy atom. The molecule has 0 aliphatic heterocycles. The maximum Gasteiger partial charge on any atom is -0.0159 e. The van der Waals surface area contributed by atoms with Gasteiger partial charge in [-0.15, -0.1) is 0 Å². The second-order valence-corrected chi connectivity index (χ2v) is 10.5. The zero-order chi connectivity index (χ0) is 23.1. The van der Waals surface area contributed by atoms with Crippen molar-refractivity contribution in [3.8, 4) is 0 Å². The average Bonchev–Trinajstić information content (AvgIpc) is 2.80. The van der Waals surface area contributed by atoms with Crippen LogP contribution in [0.25, 0.3) is 0 Å². The number of benzene rings is 1. The molecule has 0 aromatic heterocycles. The zero-order valence-electron chi connectivity index (χ0n) is 22.4. The van der Waals surface area contributed by atoms with Crippen molar-refractivity contribution in [2.45, 2.75) is 168 Å². The van der Waals surface area contributed by atoms with Crippen LogP contribution in [-0.4, -0.2) is 0 Å². The molecule has 0 heteroatoms. The Kier molecular flexibility index (Phi) is 20.1. The van der Waals surface area contributed by atoms with Gasteiger partial charge in [-0.05, 0) is 36.8 Å². The smallest absolute Gasteiger partial charge is 0.0159 e. The molecule has 0 atom stereocenters. The number of aryl methyl sites for hydroxylation is 1. The molecule has 0 unspecified atom stereocenters. The van der Waals surface area contributed by atoms with Crippen LogP contribution in [-0.2, 0) is 0 Å². The minimum absolute atomic E-state index is 0.791. The summed E-state index contributed by atoms with van der Waals surface area (Å²) in [6.07, 6.45) is 31.6. The van der Waals surface area contributed by atoms with Crippen LogP contribution in [0.2, 0.25) is 0 Å². The Hall–Kier alpha value is -0.780. The molecule has 0 N–H and O–H groups in total. The summed E-state index contributed by atoms with van der Waals surface area (Å²) in [5.41, 5.74) is 3.15. The lowest BCUT2D eigenvalue weighted by molar-refractivity contribution is 0.480. The summed E-state index contributed by atoms with van der Waals surface area (Å²) in [6.45, 7) is 6.93. The van der Waals surface area contributed by atoms with Crippen LogP contribution in [0.5, 0.6) is 0 Å². The first-order chi connectivity index (χ1) is 15.8. The van der Waals surface area contributed by atoms with Crippen molar-refractivity contribution in [1.82, 2.24) is 0 Å². The van der Waals surface area contributed by atoms with Gasteiger partial charge in [0.1, 0.15) is 0 Å². The zero-order valence-corrected chi connectivity index (χ0v) is 22.4. The summed E-state index contributed by atoms with van der Waals surface area (Å²) in [6, 6.07) is 9.19. The summed E-state index contributed by atoms with van der Waals surface area (Å²) in [5, 5.41) is 0. The van der Waals surface area contributed by atoms with Crippen LogP contribution in [0.1, 0.15) is 172 Å². The molecule has 0 radical (unpaired) electrons. The van der Waals surface area contributed by atoms with Crippen molar-refractivity contribution in [2.24, 2.45) is 0 Å². The number of unbranched alkanes of at least 4 members (excludes halogenated alkanes) is 18. The number of hydrogen-bond acceptors (Lipinski definition) is 0. The number of rotatable bonds is 23. The fourth-order valence-corrected chi connectivity index (χ4v) is 5.26. The fraction of sp³-hybridized carbons (Fsp3) is 0.812. The van der Waals surface area contributed by atoms with Crippen LogP contribution < -0.4 is 0 Å². The summed E-state index contributed by atoms with van der Waals surface area (Å²) in [5.74, 6) is 0.791. The average molecular weight is 443 g/mol. The van der Waals surface area contributed by atoms with Crippen molar-refractivity contribution >= 4 is 0 Å². The van der Waals surface area contributed by atoms with E-state index in [9.17, 15) is 0 Å². The fourth-order valence-electron chi connectivity index (χ4n) is 5.26. The van der Waals surface area contributed by atoms with Gasteiger partial charge in [0.15, 0.2) is 0 Å². The molecular weight excluding hydrogens is 384 g/mol. The summed E-state index contributed by atoms with van der Waals surface area (Å²) in [4.78, 5) is 0. The third kappa shape index (κ3) is 15.9. The molecule has 186 valence electrons. The normalized spacial score (nSPS) is 11.5. The van der Waals surface area contributed by atoms with Gasteiger partial charge in [0, 0.05) is 0 Å². The molecule has 0 aliphatic rings.